The summed E-state index contributed by atoms with van der Waals surface area (Å²) >= 11 is 13.8. The average Bonchev–Trinajstić information content (AvgIpc) is 3.20. The largest absolute Gasteiger partial charge is 0.352 e. The second-order valence-electron chi connectivity index (χ2n) is 6.89. The molecule has 2 aliphatic rings. The quantitative estimate of drug-likeness (QED) is 0.561. The highest BCUT2D eigenvalue weighted by Gasteiger charge is 2.51. The monoisotopic (exact) mass is 415 g/mol. The molecule has 2 fully saturated rings. The fourth-order valence-electron chi connectivity index (χ4n) is 3.10. The Morgan fingerprint density at radius 2 is 2.08 bits per heavy atom. The number of hydrogen-bond donors (Lipinski definition) is 2. The third-order valence-corrected chi connectivity index (χ3v) is 6.80. The van der Waals surface area contributed by atoms with Crippen LogP contribution in [0.4, 0.5) is 10.5 Å². The fourth-order valence-corrected chi connectivity index (χ4v) is 5.04. The molecule has 3 rings (SSSR count). The van der Waals surface area contributed by atoms with E-state index in [0.29, 0.717) is 19.0 Å². The van der Waals surface area contributed by atoms with Gasteiger partial charge in [-0.1, -0.05) is 12.1 Å². The van der Waals surface area contributed by atoms with Crippen LogP contribution in [-0.2, 0) is 4.79 Å². The molecule has 26 heavy (non-hydrogen) atoms. The predicted octanol–water partition coefficient (Wildman–Crippen LogP) is 4.10. The Labute approximate surface area is 168 Å². The number of alkyl halides is 2. The maximum atomic E-state index is 12.7. The van der Waals surface area contributed by atoms with E-state index in [1.165, 1.54) is 6.92 Å². The van der Waals surface area contributed by atoms with Crippen LogP contribution in [0.5, 0.6) is 0 Å². The number of rotatable bonds is 5. The summed E-state index contributed by atoms with van der Waals surface area (Å²) < 4.78 is -0.586. The molecule has 1 aromatic carbocycles. The summed E-state index contributed by atoms with van der Waals surface area (Å²) in [5.41, 5.74) is 0.791. The zero-order chi connectivity index (χ0) is 18.7. The first kappa shape index (κ1) is 19.6. The molecule has 1 aromatic rings. The molecule has 0 spiro atoms. The first-order valence-corrected chi connectivity index (χ1v) is 10.5. The van der Waals surface area contributed by atoms with E-state index in [1.54, 1.807) is 16.7 Å². The van der Waals surface area contributed by atoms with Crippen molar-refractivity contribution in [3.05, 3.63) is 24.3 Å². The summed E-state index contributed by atoms with van der Waals surface area (Å²) in [4.78, 5) is 26.7. The maximum absolute atomic E-state index is 12.7. The Morgan fingerprint density at radius 3 is 2.77 bits per heavy atom. The molecule has 1 aliphatic heterocycles. The molecule has 0 radical (unpaired) electrons. The van der Waals surface area contributed by atoms with Crippen molar-refractivity contribution in [3.63, 3.8) is 0 Å². The third-order valence-electron chi connectivity index (χ3n) is 4.64. The number of para-hydroxylation sites is 1. The number of amides is 3. The molecule has 2 atom stereocenters. The third kappa shape index (κ3) is 5.21. The number of anilines is 1. The van der Waals surface area contributed by atoms with Gasteiger partial charge in [0.15, 0.2) is 0 Å². The smallest absolute Gasteiger partial charge is 0.321 e. The van der Waals surface area contributed by atoms with Crippen LogP contribution in [0.2, 0.25) is 0 Å². The van der Waals surface area contributed by atoms with Crippen LogP contribution in [0, 0.1) is 5.92 Å². The Morgan fingerprint density at radius 1 is 1.35 bits per heavy atom. The van der Waals surface area contributed by atoms with E-state index in [9.17, 15) is 9.59 Å². The zero-order valence-corrected chi connectivity index (χ0v) is 17.0. The van der Waals surface area contributed by atoms with Gasteiger partial charge in [0, 0.05) is 42.6 Å². The van der Waals surface area contributed by atoms with Crippen molar-refractivity contribution in [3.8, 4) is 0 Å². The fraction of sp³-hybridized carbons (Fsp3) is 0.556. The second kappa shape index (κ2) is 8.28. The van der Waals surface area contributed by atoms with Gasteiger partial charge in [0.1, 0.15) is 4.33 Å². The molecule has 1 heterocycles. The van der Waals surface area contributed by atoms with E-state index in [4.69, 9.17) is 23.2 Å². The van der Waals surface area contributed by atoms with Crippen molar-refractivity contribution in [1.82, 2.24) is 10.2 Å². The van der Waals surface area contributed by atoms with Crippen LogP contribution in [0.25, 0.3) is 0 Å². The van der Waals surface area contributed by atoms with Gasteiger partial charge in [0.05, 0.1) is 5.69 Å². The van der Waals surface area contributed by atoms with Gasteiger partial charge < -0.3 is 15.5 Å². The first-order valence-electron chi connectivity index (χ1n) is 8.78. The van der Waals surface area contributed by atoms with Gasteiger partial charge in [-0.25, -0.2) is 4.79 Å². The van der Waals surface area contributed by atoms with Crippen LogP contribution in [0.15, 0.2) is 29.2 Å². The van der Waals surface area contributed by atoms with E-state index in [2.05, 4.69) is 10.6 Å². The SMILES string of the molecule is CC(=O)NC1CCCN(C(=O)Nc2ccccc2SCC2CC2(Cl)Cl)C1. The van der Waals surface area contributed by atoms with E-state index in [-0.39, 0.29) is 18.0 Å². The molecular formula is C18H23Cl2N3O2S. The number of nitrogens with zero attached hydrogens (tertiary/aromatic N) is 1. The van der Waals surface area contributed by atoms with Gasteiger partial charge in [-0.05, 0) is 31.4 Å². The summed E-state index contributed by atoms with van der Waals surface area (Å²) in [6, 6.07) is 7.63. The van der Waals surface area contributed by atoms with Crippen LogP contribution in [-0.4, -0.2) is 46.1 Å². The molecule has 0 bridgehead atoms. The molecular weight excluding hydrogens is 393 g/mol. The number of nitrogens with one attached hydrogen (secondary N) is 2. The molecule has 3 amide bonds. The predicted molar refractivity (Wildman–Crippen MR) is 107 cm³/mol. The van der Waals surface area contributed by atoms with E-state index in [1.807, 2.05) is 24.3 Å². The summed E-state index contributed by atoms with van der Waals surface area (Å²) in [5, 5.41) is 5.91. The molecule has 2 unspecified atom stereocenters. The van der Waals surface area contributed by atoms with Crippen molar-refractivity contribution in [2.45, 2.75) is 41.5 Å². The first-order chi connectivity index (χ1) is 12.3. The highest BCUT2D eigenvalue weighted by molar-refractivity contribution is 7.99. The normalized spacial score (nSPS) is 24.0. The topological polar surface area (TPSA) is 61.4 Å². The van der Waals surface area contributed by atoms with Crippen molar-refractivity contribution < 1.29 is 9.59 Å². The molecule has 1 saturated heterocycles. The minimum atomic E-state index is -0.586. The standard InChI is InChI=1S/C18H23Cl2N3O2S/c1-12(24)21-14-5-4-8-23(10-14)17(25)22-15-6-2-3-7-16(15)26-11-13-9-18(13,19)20/h2-3,6-7,13-14H,4-5,8-11H2,1H3,(H,21,24)(H,22,25). The van der Waals surface area contributed by atoms with Crippen LogP contribution < -0.4 is 10.6 Å². The van der Waals surface area contributed by atoms with Gasteiger partial charge in [-0.2, -0.15) is 0 Å². The van der Waals surface area contributed by atoms with Crippen molar-refractivity contribution in [2.24, 2.45) is 5.92 Å². The summed E-state index contributed by atoms with van der Waals surface area (Å²) in [6.07, 6.45) is 2.59. The Bertz CT molecular complexity index is 686. The van der Waals surface area contributed by atoms with E-state index < -0.39 is 4.33 Å². The number of hydrogen-bond acceptors (Lipinski definition) is 3. The Balaban J connectivity index is 1.57. The molecule has 2 N–H and O–H groups in total. The van der Waals surface area contributed by atoms with Gasteiger partial charge in [-0.3, -0.25) is 4.79 Å². The molecule has 5 nitrogen and oxygen atoms in total. The highest BCUT2D eigenvalue weighted by Crippen LogP contribution is 2.55. The molecule has 142 valence electrons. The highest BCUT2D eigenvalue weighted by atomic mass is 35.5. The minimum absolute atomic E-state index is 0.0204. The molecule has 1 saturated carbocycles. The molecule has 1 aliphatic carbocycles. The number of carbonyl (C=O) groups is 2. The number of halogens is 2. The average molecular weight is 416 g/mol. The van der Waals surface area contributed by atoms with Crippen LogP contribution in [0.1, 0.15) is 26.2 Å². The number of urea groups is 1. The van der Waals surface area contributed by atoms with E-state index in [0.717, 1.165) is 35.6 Å². The lowest BCUT2D eigenvalue weighted by Gasteiger charge is -2.33. The zero-order valence-electron chi connectivity index (χ0n) is 14.6. The lowest BCUT2D eigenvalue weighted by molar-refractivity contribution is -0.119. The van der Waals surface area contributed by atoms with Crippen LogP contribution >= 0.6 is 35.0 Å². The van der Waals surface area contributed by atoms with Gasteiger partial charge in [0.25, 0.3) is 0 Å². The maximum Gasteiger partial charge on any atom is 0.321 e. The number of piperidine rings is 1. The number of carbonyl (C=O) groups excluding carboxylic acids is 2. The molecule has 0 aromatic heterocycles. The lowest BCUT2D eigenvalue weighted by atomic mass is 10.1. The van der Waals surface area contributed by atoms with Gasteiger partial charge in [0.2, 0.25) is 5.91 Å². The Kier molecular flexibility index (Phi) is 6.25. The van der Waals surface area contributed by atoms with Crippen molar-refractivity contribution in [2.75, 3.05) is 24.2 Å². The summed E-state index contributed by atoms with van der Waals surface area (Å²) in [6.45, 7) is 2.73. The van der Waals surface area contributed by atoms with Crippen molar-refractivity contribution >= 4 is 52.6 Å². The molecule has 8 heteroatoms. The van der Waals surface area contributed by atoms with E-state index >= 15 is 0 Å². The summed E-state index contributed by atoms with van der Waals surface area (Å²) in [7, 11) is 0. The Hall–Kier alpha value is -1.11. The second-order valence-corrected chi connectivity index (χ2v) is 9.49. The van der Waals surface area contributed by atoms with Gasteiger partial charge >= 0.3 is 6.03 Å². The lowest BCUT2D eigenvalue weighted by Crippen LogP contribution is -2.50. The minimum Gasteiger partial charge on any atom is -0.352 e. The van der Waals surface area contributed by atoms with Gasteiger partial charge in [-0.15, -0.1) is 35.0 Å². The van der Waals surface area contributed by atoms with Crippen LogP contribution in [0.3, 0.4) is 0 Å². The summed E-state index contributed by atoms with van der Waals surface area (Å²) in [5.74, 6) is 1.06. The number of likely N-dealkylation sites (tertiary alicyclic amines) is 1. The van der Waals surface area contributed by atoms with Crippen molar-refractivity contribution in [1.29, 1.82) is 0 Å². The number of benzene rings is 1. The number of thioether (sulfide) groups is 1.